The monoisotopic (exact) mass is 1000 g/mol. The van der Waals surface area contributed by atoms with Crippen molar-refractivity contribution >= 4 is 41.7 Å². The molecular formula is C58H78F2N8O5. The molecule has 13 nitrogen and oxygen atoms in total. The van der Waals surface area contributed by atoms with Gasteiger partial charge in [-0.05, 0) is 110 Å². The summed E-state index contributed by atoms with van der Waals surface area (Å²) < 4.78 is 39.4. The number of aliphatic hydroxyl groups is 1. The van der Waals surface area contributed by atoms with Gasteiger partial charge in [0.1, 0.15) is 12.0 Å². The Morgan fingerprint density at radius 3 is 2.23 bits per heavy atom. The first-order valence-electron chi connectivity index (χ1n) is 26.3. The van der Waals surface area contributed by atoms with Crippen LogP contribution in [0.5, 0.6) is 5.75 Å². The summed E-state index contributed by atoms with van der Waals surface area (Å²) in [5.74, 6) is 0.533. The third kappa shape index (κ3) is 14.9. The molecule has 3 atom stereocenters. The van der Waals surface area contributed by atoms with Gasteiger partial charge in [0.05, 0.1) is 31.8 Å². The van der Waals surface area contributed by atoms with E-state index >= 15 is 0 Å². The van der Waals surface area contributed by atoms with Gasteiger partial charge < -0.3 is 30.3 Å². The minimum Gasteiger partial charge on any atom is -0.497 e. The lowest BCUT2D eigenvalue weighted by Crippen LogP contribution is -2.46. The SMILES string of the molecule is CCn1cc(-c2ccc(C(CO)C(CCCNC=O)C(NC(=O)CCCCCCCCCn3cc(-c4cc5c(cc4C(F)F)N(c4cc(OC)cc(N(C)C)c4/C=C(/C)C=O)CCC5)cn3)C(C)C)cc2)cn1. The van der Waals surface area contributed by atoms with Crippen molar-refractivity contribution in [1.29, 1.82) is 0 Å². The highest BCUT2D eigenvalue weighted by atomic mass is 19.3. The molecule has 1 aliphatic heterocycles. The smallest absolute Gasteiger partial charge is 0.264 e. The number of unbranched alkanes of at least 4 members (excludes halogenated alkanes) is 6. The molecule has 0 fully saturated rings. The van der Waals surface area contributed by atoms with Gasteiger partial charge in [-0.1, -0.05) is 70.2 Å². The molecule has 3 aromatic carbocycles. The van der Waals surface area contributed by atoms with Crippen molar-refractivity contribution in [3.8, 4) is 28.0 Å². The number of alkyl halides is 2. The number of carbonyl (C=O) groups is 3. The molecule has 0 saturated heterocycles. The van der Waals surface area contributed by atoms with Crippen molar-refractivity contribution in [2.45, 2.75) is 136 Å². The third-order valence-electron chi connectivity index (χ3n) is 14.3. The van der Waals surface area contributed by atoms with Crippen molar-refractivity contribution in [2.75, 3.05) is 50.7 Å². The predicted octanol–water partition coefficient (Wildman–Crippen LogP) is 11.3. The fourth-order valence-electron chi connectivity index (χ4n) is 10.4. The zero-order valence-corrected chi connectivity index (χ0v) is 44.1. The van der Waals surface area contributed by atoms with Crippen LogP contribution in [-0.2, 0) is 33.9 Å². The molecule has 2 aromatic heterocycles. The van der Waals surface area contributed by atoms with E-state index in [0.717, 1.165) is 128 Å². The van der Waals surface area contributed by atoms with Crippen LogP contribution in [0.15, 0.2) is 78.9 Å². The van der Waals surface area contributed by atoms with Crippen LogP contribution in [0, 0.1) is 11.8 Å². The molecule has 6 rings (SSSR count). The number of aldehydes is 1. The van der Waals surface area contributed by atoms with Gasteiger partial charge in [-0.25, -0.2) is 8.78 Å². The van der Waals surface area contributed by atoms with E-state index in [1.165, 1.54) is 0 Å². The molecule has 0 aliphatic carbocycles. The largest absolute Gasteiger partial charge is 0.497 e. The van der Waals surface area contributed by atoms with E-state index in [0.29, 0.717) is 54.9 Å². The number of aliphatic hydroxyl groups excluding tert-OH is 1. The van der Waals surface area contributed by atoms with Crippen molar-refractivity contribution < 1.29 is 33.0 Å². The molecule has 1 aliphatic rings. The molecule has 0 radical (unpaired) electrons. The predicted molar refractivity (Wildman–Crippen MR) is 289 cm³/mol. The number of rotatable bonds is 30. The highest BCUT2D eigenvalue weighted by Gasteiger charge is 2.33. The Kier molecular flexibility index (Phi) is 21.2. The molecule has 394 valence electrons. The van der Waals surface area contributed by atoms with Gasteiger partial charge in [0.25, 0.3) is 6.43 Å². The molecule has 0 spiro atoms. The standard InChI is InChI=1S/C58H78F2N8O5/c1-8-66-35-45(33-62-66)42-21-23-43(24-22-42)52(38-70)48(19-16-25-61-39-71)57(40(2)3)64-56(72)20-14-12-10-9-11-13-15-26-67-36-46(34-63-67)49-29-44-18-17-27-68(53(44)32-50(49)58(59)60)55-31-47(73-7)30-54(65(5)6)51(55)28-41(4)37-69/h21-24,28-37,39-40,48,52,57-58,70H,8-20,25-27,38H2,1-7H3,(H,61,71)(H,64,72)/b41-28-. The number of ether oxygens (including phenoxy) is 1. The number of fused-ring (bicyclic) bond motifs is 1. The number of hydrogen-bond acceptors (Lipinski definition) is 9. The molecule has 15 heteroatoms. The van der Waals surface area contributed by atoms with Crippen molar-refractivity contribution in [3.05, 3.63) is 101 Å². The van der Waals surface area contributed by atoms with Crippen LogP contribution in [-0.4, -0.2) is 90.2 Å². The number of allylic oxidation sites excluding steroid dienone is 1. The minimum atomic E-state index is -2.71. The van der Waals surface area contributed by atoms with Crippen LogP contribution < -0.4 is 25.2 Å². The fraction of sp³-hybridized carbons (Fsp3) is 0.500. The first-order valence-corrected chi connectivity index (χ1v) is 26.3. The van der Waals surface area contributed by atoms with E-state index in [9.17, 15) is 28.3 Å². The van der Waals surface area contributed by atoms with Crippen LogP contribution in [0.2, 0.25) is 0 Å². The molecule has 3 heterocycles. The average molecular weight is 1010 g/mol. The molecule has 0 bridgehead atoms. The van der Waals surface area contributed by atoms with Gasteiger partial charge in [0.2, 0.25) is 12.3 Å². The van der Waals surface area contributed by atoms with E-state index in [4.69, 9.17) is 4.74 Å². The quantitative estimate of drug-likeness (QED) is 0.0232. The second-order valence-corrected chi connectivity index (χ2v) is 20.0. The third-order valence-corrected chi connectivity index (χ3v) is 14.3. The van der Waals surface area contributed by atoms with Crippen molar-refractivity contribution in [1.82, 2.24) is 30.2 Å². The molecule has 3 N–H and O–H groups in total. The maximum atomic E-state index is 15.0. The van der Waals surface area contributed by atoms with Crippen LogP contribution in [0.1, 0.15) is 133 Å². The maximum absolute atomic E-state index is 15.0. The van der Waals surface area contributed by atoms with E-state index in [1.807, 2.05) is 71.2 Å². The van der Waals surface area contributed by atoms with Crippen LogP contribution in [0.3, 0.4) is 0 Å². The Hall–Kier alpha value is -6.35. The topological polar surface area (TPSA) is 147 Å². The summed E-state index contributed by atoms with van der Waals surface area (Å²) in [4.78, 5) is 40.3. The lowest BCUT2D eigenvalue weighted by Gasteiger charge is -2.36. The Balaban J connectivity index is 0.997. The van der Waals surface area contributed by atoms with Crippen molar-refractivity contribution in [2.24, 2.45) is 11.8 Å². The normalized spacial score (nSPS) is 14.0. The summed E-state index contributed by atoms with van der Waals surface area (Å²) in [5, 5.41) is 26.0. The molecule has 73 heavy (non-hydrogen) atoms. The van der Waals surface area contributed by atoms with Gasteiger partial charge >= 0.3 is 0 Å². The van der Waals surface area contributed by atoms with Gasteiger partial charge in [-0.3, -0.25) is 23.7 Å². The average Bonchev–Trinajstić information content (AvgIpc) is 4.08. The molecule has 5 aromatic rings. The second kappa shape index (κ2) is 27.6. The Morgan fingerprint density at radius 2 is 1.59 bits per heavy atom. The lowest BCUT2D eigenvalue weighted by atomic mass is 9.75. The first kappa shape index (κ1) is 56.0. The van der Waals surface area contributed by atoms with Gasteiger partial charge in [0, 0.05) is 117 Å². The van der Waals surface area contributed by atoms with E-state index in [-0.39, 0.29) is 41.9 Å². The van der Waals surface area contributed by atoms with Crippen molar-refractivity contribution in [3.63, 3.8) is 0 Å². The van der Waals surface area contributed by atoms with Gasteiger partial charge in [-0.15, -0.1) is 0 Å². The van der Waals surface area contributed by atoms with Crippen LogP contribution in [0.4, 0.5) is 25.8 Å². The number of nitrogens with one attached hydrogen (secondary N) is 2. The summed E-state index contributed by atoms with van der Waals surface area (Å²) in [5.41, 5.74) is 8.91. The number of aryl methyl sites for hydroxylation is 3. The van der Waals surface area contributed by atoms with Crippen LogP contribution >= 0.6 is 0 Å². The molecular weight excluding hydrogens is 927 g/mol. The minimum absolute atomic E-state index is 0.0203. The second-order valence-electron chi connectivity index (χ2n) is 20.0. The number of aromatic nitrogens is 4. The highest BCUT2D eigenvalue weighted by Crippen LogP contribution is 2.45. The number of nitrogens with zero attached hydrogens (tertiary/aromatic N) is 6. The highest BCUT2D eigenvalue weighted by molar-refractivity contribution is 5.91. The number of carbonyl (C=O) groups excluding carboxylic acids is 3. The fourth-order valence-corrected chi connectivity index (χ4v) is 10.4. The first-order chi connectivity index (χ1) is 35.3. The molecule has 3 unspecified atom stereocenters. The Morgan fingerprint density at radius 1 is 0.890 bits per heavy atom. The summed E-state index contributed by atoms with van der Waals surface area (Å²) in [7, 11) is 5.45. The van der Waals surface area contributed by atoms with E-state index in [2.05, 4.69) is 70.8 Å². The maximum Gasteiger partial charge on any atom is 0.264 e. The van der Waals surface area contributed by atoms with Crippen LogP contribution in [0.25, 0.3) is 28.3 Å². The van der Waals surface area contributed by atoms with E-state index in [1.54, 1.807) is 26.3 Å². The Bertz CT molecular complexity index is 2590. The van der Waals surface area contributed by atoms with Gasteiger partial charge in [-0.2, -0.15) is 10.2 Å². The number of anilines is 3. The molecule has 0 saturated carbocycles. The lowest BCUT2D eigenvalue weighted by molar-refractivity contribution is -0.122. The zero-order chi connectivity index (χ0) is 52.4. The number of hydrogen-bond donors (Lipinski definition) is 3. The summed E-state index contributed by atoms with van der Waals surface area (Å²) in [6, 6.07) is 15.5. The number of benzene rings is 3. The number of methoxy groups -OCH3 is 1. The summed E-state index contributed by atoms with van der Waals surface area (Å²) in [6.07, 6.45) is 18.3. The zero-order valence-electron chi connectivity index (χ0n) is 44.1. The number of halogens is 2. The van der Waals surface area contributed by atoms with E-state index < -0.39 is 6.43 Å². The number of amides is 2. The summed E-state index contributed by atoms with van der Waals surface area (Å²) in [6.45, 7) is 10.6. The van der Waals surface area contributed by atoms with Gasteiger partial charge in [0.15, 0.2) is 0 Å². The molecule has 2 amide bonds. The Labute approximate surface area is 431 Å². The summed E-state index contributed by atoms with van der Waals surface area (Å²) >= 11 is 0.